The molecule has 0 amide bonds. The fraction of sp³-hybridized carbons (Fsp3) is 0.133. The summed E-state index contributed by atoms with van der Waals surface area (Å²) in [5.74, 6) is 0. The molecule has 2 heterocycles. The van der Waals surface area contributed by atoms with E-state index in [0.717, 1.165) is 10.9 Å². The fourth-order valence-electron chi connectivity index (χ4n) is 1.89. The van der Waals surface area contributed by atoms with E-state index in [0.29, 0.717) is 0 Å². The van der Waals surface area contributed by atoms with Crippen molar-refractivity contribution in [3.63, 3.8) is 0 Å². The summed E-state index contributed by atoms with van der Waals surface area (Å²) in [7, 11) is 0. The second-order valence-electron chi connectivity index (χ2n) is 4.25. The predicted octanol–water partition coefficient (Wildman–Crippen LogP) is 3.88. The molecule has 1 unspecified atom stereocenters. The van der Waals surface area contributed by atoms with Crippen LogP contribution in [0.25, 0.3) is 10.8 Å². The van der Waals surface area contributed by atoms with Crippen molar-refractivity contribution in [2.75, 3.05) is 0 Å². The third-order valence-electron chi connectivity index (χ3n) is 2.89. The lowest BCUT2D eigenvalue weighted by atomic mass is 10.1. The highest BCUT2D eigenvalue weighted by Gasteiger charge is 2.10. The standard InChI is InChI=1S/C15H13N3S/c1-11(19-15-16-7-4-8-17-15)14-9-12-5-2-3-6-13(12)10-18-14/h2-11H,1H3. The Kier molecular flexibility index (Phi) is 3.42. The van der Waals surface area contributed by atoms with Gasteiger partial charge in [-0.25, -0.2) is 9.97 Å². The SMILES string of the molecule is CC(Sc1ncccn1)c1cc2ccccc2cn1. The average Bonchev–Trinajstić information content (AvgIpc) is 2.48. The Morgan fingerprint density at radius 2 is 1.68 bits per heavy atom. The summed E-state index contributed by atoms with van der Waals surface area (Å²) in [5.41, 5.74) is 1.05. The molecule has 0 aliphatic heterocycles. The molecule has 0 radical (unpaired) electrons. The molecule has 3 nitrogen and oxygen atoms in total. The number of rotatable bonds is 3. The van der Waals surface area contributed by atoms with Gasteiger partial charge in [0.2, 0.25) is 0 Å². The van der Waals surface area contributed by atoms with Crippen LogP contribution in [0.4, 0.5) is 0 Å². The van der Waals surface area contributed by atoms with Crippen LogP contribution in [-0.2, 0) is 0 Å². The Bertz CT molecular complexity index is 685. The van der Waals surface area contributed by atoms with Gasteiger partial charge in [-0.2, -0.15) is 0 Å². The molecule has 0 N–H and O–H groups in total. The molecule has 0 spiro atoms. The van der Waals surface area contributed by atoms with E-state index in [-0.39, 0.29) is 5.25 Å². The van der Waals surface area contributed by atoms with Gasteiger partial charge in [0.05, 0.1) is 10.9 Å². The van der Waals surface area contributed by atoms with E-state index in [1.165, 1.54) is 10.8 Å². The number of benzene rings is 1. The Balaban J connectivity index is 1.87. The number of nitrogens with zero attached hydrogens (tertiary/aromatic N) is 3. The predicted molar refractivity (Wildman–Crippen MR) is 78.0 cm³/mol. The largest absolute Gasteiger partial charge is 0.259 e. The summed E-state index contributed by atoms with van der Waals surface area (Å²) >= 11 is 1.62. The fourth-order valence-corrected chi connectivity index (χ4v) is 2.70. The van der Waals surface area contributed by atoms with Gasteiger partial charge in [0.15, 0.2) is 5.16 Å². The molecule has 94 valence electrons. The maximum atomic E-state index is 4.53. The Hall–Kier alpha value is -1.94. The van der Waals surface area contributed by atoms with Crippen LogP contribution in [0.5, 0.6) is 0 Å². The lowest BCUT2D eigenvalue weighted by Crippen LogP contribution is -1.94. The van der Waals surface area contributed by atoms with Crippen molar-refractivity contribution in [3.8, 4) is 0 Å². The van der Waals surface area contributed by atoms with Crippen LogP contribution in [0.1, 0.15) is 17.9 Å². The Morgan fingerprint density at radius 1 is 0.947 bits per heavy atom. The number of aromatic nitrogens is 3. The van der Waals surface area contributed by atoms with Gasteiger partial charge >= 0.3 is 0 Å². The molecule has 0 saturated heterocycles. The second kappa shape index (κ2) is 5.36. The molecular weight excluding hydrogens is 254 g/mol. The molecule has 3 rings (SSSR count). The van der Waals surface area contributed by atoms with Crippen LogP contribution in [0.15, 0.2) is 60.1 Å². The summed E-state index contributed by atoms with van der Waals surface area (Å²) < 4.78 is 0. The number of fused-ring (bicyclic) bond motifs is 1. The zero-order valence-corrected chi connectivity index (χ0v) is 11.3. The van der Waals surface area contributed by atoms with Crippen molar-refractivity contribution >= 4 is 22.5 Å². The molecule has 1 atom stereocenters. The van der Waals surface area contributed by atoms with Gasteiger partial charge in [0, 0.05) is 24.0 Å². The minimum absolute atomic E-state index is 0.229. The molecule has 2 aromatic heterocycles. The Labute approximate surface area is 116 Å². The van der Waals surface area contributed by atoms with Crippen molar-refractivity contribution in [3.05, 3.63) is 60.7 Å². The first kappa shape index (κ1) is 12.1. The molecule has 0 saturated carbocycles. The first-order valence-corrected chi connectivity index (χ1v) is 6.99. The Morgan fingerprint density at radius 3 is 2.47 bits per heavy atom. The van der Waals surface area contributed by atoms with Gasteiger partial charge in [-0.05, 0) is 24.4 Å². The van der Waals surface area contributed by atoms with Crippen LogP contribution in [-0.4, -0.2) is 15.0 Å². The summed E-state index contributed by atoms with van der Waals surface area (Å²) in [6, 6.07) is 12.2. The van der Waals surface area contributed by atoms with Crippen LogP contribution in [0.2, 0.25) is 0 Å². The van der Waals surface area contributed by atoms with E-state index >= 15 is 0 Å². The zero-order chi connectivity index (χ0) is 13.1. The van der Waals surface area contributed by atoms with E-state index in [9.17, 15) is 0 Å². The van der Waals surface area contributed by atoms with E-state index in [4.69, 9.17) is 0 Å². The highest BCUT2D eigenvalue weighted by molar-refractivity contribution is 7.99. The maximum absolute atomic E-state index is 4.53. The van der Waals surface area contributed by atoms with Crippen molar-refractivity contribution in [1.29, 1.82) is 0 Å². The van der Waals surface area contributed by atoms with Gasteiger partial charge in [-0.15, -0.1) is 0 Å². The van der Waals surface area contributed by atoms with Gasteiger partial charge in [-0.1, -0.05) is 36.0 Å². The zero-order valence-electron chi connectivity index (χ0n) is 10.5. The third-order valence-corrected chi connectivity index (χ3v) is 3.91. The van der Waals surface area contributed by atoms with E-state index in [1.54, 1.807) is 24.2 Å². The van der Waals surface area contributed by atoms with E-state index in [1.807, 2.05) is 24.4 Å². The van der Waals surface area contributed by atoms with Crippen molar-refractivity contribution in [2.45, 2.75) is 17.3 Å². The summed E-state index contributed by atoms with van der Waals surface area (Å²) in [4.78, 5) is 13.0. The molecule has 0 bridgehead atoms. The lowest BCUT2D eigenvalue weighted by molar-refractivity contribution is 0.940. The van der Waals surface area contributed by atoms with E-state index < -0.39 is 0 Å². The van der Waals surface area contributed by atoms with Crippen molar-refractivity contribution in [1.82, 2.24) is 15.0 Å². The molecule has 0 fully saturated rings. The van der Waals surface area contributed by atoms with Crippen LogP contribution < -0.4 is 0 Å². The van der Waals surface area contributed by atoms with Gasteiger partial charge in [-0.3, -0.25) is 4.98 Å². The van der Waals surface area contributed by atoms with E-state index in [2.05, 4.69) is 40.1 Å². The van der Waals surface area contributed by atoms with Crippen molar-refractivity contribution < 1.29 is 0 Å². The number of hydrogen-bond donors (Lipinski definition) is 0. The average molecular weight is 267 g/mol. The smallest absolute Gasteiger partial charge is 0.188 e. The molecule has 4 heteroatoms. The van der Waals surface area contributed by atoms with Crippen molar-refractivity contribution in [2.24, 2.45) is 0 Å². The summed E-state index contributed by atoms with van der Waals surface area (Å²) in [6.07, 6.45) is 5.44. The third kappa shape index (κ3) is 2.74. The number of hydrogen-bond acceptors (Lipinski definition) is 4. The summed E-state index contributed by atoms with van der Waals surface area (Å²) in [5, 5.41) is 3.39. The molecule has 1 aromatic carbocycles. The second-order valence-corrected chi connectivity index (χ2v) is 5.56. The van der Waals surface area contributed by atoms with Gasteiger partial charge in [0.25, 0.3) is 0 Å². The topological polar surface area (TPSA) is 38.7 Å². The highest BCUT2D eigenvalue weighted by atomic mass is 32.2. The molecule has 19 heavy (non-hydrogen) atoms. The van der Waals surface area contributed by atoms with Gasteiger partial charge < -0.3 is 0 Å². The minimum Gasteiger partial charge on any atom is -0.259 e. The van der Waals surface area contributed by atoms with Gasteiger partial charge in [0.1, 0.15) is 0 Å². The molecule has 0 aliphatic carbocycles. The highest BCUT2D eigenvalue weighted by Crippen LogP contribution is 2.32. The quantitative estimate of drug-likeness (QED) is 0.533. The minimum atomic E-state index is 0.229. The monoisotopic (exact) mass is 267 g/mol. The normalized spacial score (nSPS) is 12.5. The molecule has 0 aliphatic rings. The first-order valence-electron chi connectivity index (χ1n) is 6.11. The van der Waals surface area contributed by atoms with Crippen LogP contribution in [0.3, 0.4) is 0 Å². The molecular formula is C15H13N3S. The maximum Gasteiger partial charge on any atom is 0.188 e. The lowest BCUT2D eigenvalue weighted by Gasteiger charge is -2.10. The number of pyridine rings is 1. The van der Waals surface area contributed by atoms with Crippen LogP contribution in [0, 0.1) is 0 Å². The first-order chi connectivity index (χ1) is 9.33. The van der Waals surface area contributed by atoms with Crippen LogP contribution >= 0.6 is 11.8 Å². The molecule has 3 aromatic rings. The summed E-state index contributed by atoms with van der Waals surface area (Å²) in [6.45, 7) is 2.12. The number of thioether (sulfide) groups is 1.